The van der Waals surface area contributed by atoms with Crippen LogP contribution >= 0.6 is 0 Å². The van der Waals surface area contributed by atoms with Gasteiger partial charge in [-0.3, -0.25) is 4.90 Å². The Hall–Kier alpha value is -3.63. The minimum atomic E-state index is -0.964. The van der Waals surface area contributed by atoms with Crippen molar-refractivity contribution in [3.63, 3.8) is 0 Å². The number of hydrogen-bond acceptors (Lipinski definition) is 7. The van der Waals surface area contributed by atoms with Gasteiger partial charge in [-0.1, -0.05) is 12.1 Å². The first-order valence-electron chi connectivity index (χ1n) is 14.8. The molecule has 0 aliphatic carbocycles. The molecule has 4 aliphatic heterocycles. The minimum Gasteiger partial charge on any atom is -0.508 e. The summed E-state index contributed by atoms with van der Waals surface area (Å²) >= 11 is 0. The largest absolute Gasteiger partial charge is 0.508 e. The third-order valence-electron chi connectivity index (χ3n) is 9.85. The predicted molar refractivity (Wildman–Crippen MR) is 155 cm³/mol. The Morgan fingerprint density at radius 3 is 2.86 bits per heavy atom. The zero-order chi connectivity index (χ0) is 28.6. The molecule has 0 spiro atoms. The Kier molecular flexibility index (Phi) is 6.01. The van der Waals surface area contributed by atoms with E-state index in [2.05, 4.69) is 15.1 Å². The lowest BCUT2D eigenvalue weighted by atomic mass is 9.95. The summed E-state index contributed by atoms with van der Waals surface area (Å²) in [6.07, 6.45) is 2.61. The van der Waals surface area contributed by atoms with Crippen molar-refractivity contribution in [2.75, 3.05) is 44.2 Å². The predicted octanol–water partition coefficient (Wildman–Crippen LogP) is 5.19. The number of nitrogens with one attached hydrogen (secondary N) is 1. The van der Waals surface area contributed by atoms with Crippen LogP contribution in [-0.2, 0) is 0 Å². The molecular formula is C32H32F3N5O2. The smallest absolute Gasteiger partial charge is 0.319 e. The number of rotatable bonds is 5. The number of benzene rings is 3. The van der Waals surface area contributed by atoms with E-state index in [4.69, 9.17) is 14.7 Å². The van der Waals surface area contributed by atoms with Gasteiger partial charge < -0.3 is 20.1 Å². The SMILES string of the molecule is Oc1cc(-c2ccc3c(N4C[C@H]5CCN[C@H]5C4)nc(OC[C@@]45CCCN4C[C@H](F)C5)nc3c2)c2c(F)c(F)ccc2c1. The van der Waals surface area contributed by atoms with Crippen LogP contribution in [0.3, 0.4) is 0 Å². The molecule has 0 unspecified atom stereocenters. The second-order valence-corrected chi connectivity index (χ2v) is 12.4. The number of alkyl halides is 1. The number of nitrogens with zero attached hydrogens (tertiary/aromatic N) is 4. The number of hydrogen-bond donors (Lipinski definition) is 2. The Morgan fingerprint density at radius 1 is 1.07 bits per heavy atom. The summed E-state index contributed by atoms with van der Waals surface area (Å²) in [5, 5.41) is 15.3. The van der Waals surface area contributed by atoms with E-state index in [-0.39, 0.29) is 22.7 Å². The van der Waals surface area contributed by atoms with E-state index in [1.54, 1.807) is 0 Å². The monoisotopic (exact) mass is 575 g/mol. The fourth-order valence-corrected chi connectivity index (χ4v) is 7.84. The molecule has 0 bridgehead atoms. The highest BCUT2D eigenvalue weighted by atomic mass is 19.2. The highest BCUT2D eigenvalue weighted by molar-refractivity contribution is 6.01. The van der Waals surface area contributed by atoms with Gasteiger partial charge in [0.15, 0.2) is 11.6 Å². The summed E-state index contributed by atoms with van der Waals surface area (Å²) < 4.78 is 50.0. The highest BCUT2D eigenvalue weighted by Gasteiger charge is 2.49. The normalized spacial score (nSPS) is 27.3. The van der Waals surface area contributed by atoms with Gasteiger partial charge in [0.05, 0.1) is 11.1 Å². The summed E-state index contributed by atoms with van der Waals surface area (Å²) in [5.74, 6) is -0.650. The van der Waals surface area contributed by atoms with Gasteiger partial charge in [-0.25, -0.2) is 13.2 Å². The number of fused-ring (bicyclic) bond motifs is 4. The number of ether oxygens (including phenoxy) is 1. The minimum absolute atomic E-state index is 0.0461. The lowest BCUT2D eigenvalue weighted by Crippen LogP contribution is -2.43. The van der Waals surface area contributed by atoms with Crippen molar-refractivity contribution in [3.05, 3.63) is 54.1 Å². The van der Waals surface area contributed by atoms with Crippen molar-refractivity contribution >= 4 is 27.5 Å². The van der Waals surface area contributed by atoms with E-state index in [9.17, 15) is 13.9 Å². The van der Waals surface area contributed by atoms with E-state index in [1.807, 2.05) is 18.2 Å². The third kappa shape index (κ3) is 4.18. The molecular weight excluding hydrogens is 543 g/mol. The fourth-order valence-electron chi connectivity index (χ4n) is 7.84. The van der Waals surface area contributed by atoms with Gasteiger partial charge in [0.2, 0.25) is 0 Å². The van der Waals surface area contributed by atoms with Crippen LogP contribution in [0.4, 0.5) is 19.0 Å². The summed E-state index contributed by atoms with van der Waals surface area (Å²) in [7, 11) is 0. The Morgan fingerprint density at radius 2 is 1.98 bits per heavy atom. The molecule has 42 heavy (non-hydrogen) atoms. The fraction of sp³-hybridized carbons (Fsp3) is 0.438. The first-order valence-corrected chi connectivity index (χ1v) is 14.8. The van der Waals surface area contributed by atoms with Gasteiger partial charge in [0.1, 0.15) is 24.3 Å². The molecule has 4 aromatic rings. The van der Waals surface area contributed by atoms with Gasteiger partial charge in [-0.05, 0) is 85.1 Å². The molecule has 4 aliphatic rings. The first kappa shape index (κ1) is 26.0. The quantitative estimate of drug-likeness (QED) is 0.340. The summed E-state index contributed by atoms with van der Waals surface area (Å²) in [6, 6.07) is 11.6. The number of aromatic nitrogens is 2. The second-order valence-electron chi connectivity index (χ2n) is 12.4. The van der Waals surface area contributed by atoms with Gasteiger partial charge >= 0.3 is 6.01 Å². The van der Waals surface area contributed by atoms with Crippen LogP contribution in [0, 0.1) is 17.6 Å². The Balaban J connectivity index is 1.23. The molecule has 1 aromatic heterocycles. The zero-order valence-corrected chi connectivity index (χ0v) is 23.1. The van der Waals surface area contributed by atoms with Crippen LogP contribution in [-0.4, -0.2) is 77.1 Å². The second kappa shape index (κ2) is 9.70. The molecule has 4 saturated heterocycles. The topological polar surface area (TPSA) is 73.8 Å². The molecule has 8 rings (SSSR count). The maximum Gasteiger partial charge on any atom is 0.319 e. The van der Waals surface area contributed by atoms with Gasteiger partial charge in [0, 0.05) is 42.9 Å². The third-order valence-corrected chi connectivity index (χ3v) is 9.85. The number of phenols is 1. The van der Waals surface area contributed by atoms with Gasteiger partial charge in [0.25, 0.3) is 0 Å². The van der Waals surface area contributed by atoms with Crippen LogP contribution in [0.1, 0.15) is 25.7 Å². The average molecular weight is 576 g/mol. The zero-order valence-electron chi connectivity index (χ0n) is 23.1. The van der Waals surface area contributed by atoms with E-state index >= 15 is 4.39 Å². The van der Waals surface area contributed by atoms with E-state index in [0.29, 0.717) is 53.6 Å². The lowest BCUT2D eigenvalue weighted by Gasteiger charge is -2.31. The van der Waals surface area contributed by atoms with Crippen molar-refractivity contribution in [2.45, 2.75) is 43.4 Å². The average Bonchev–Trinajstić information content (AvgIpc) is 3.73. The Bertz CT molecular complexity index is 1710. The van der Waals surface area contributed by atoms with Crippen molar-refractivity contribution in [1.82, 2.24) is 20.2 Å². The van der Waals surface area contributed by atoms with Crippen LogP contribution in [0.2, 0.25) is 0 Å². The van der Waals surface area contributed by atoms with Crippen LogP contribution in [0.25, 0.3) is 32.8 Å². The van der Waals surface area contributed by atoms with E-state index < -0.39 is 17.8 Å². The van der Waals surface area contributed by atoms with Crippen LogP contribution in [0.15, 0.2) is 42.5 Å². The lowest BCUT2D eigenvalue weighted by molar-refractivity contribution is 0.107. The first-order chi connectivity index (χ1) is 20.4. The van der Waals surface area contributed by atoms with E-state index in [0.717, 1.165) is 62.7 Å². The molecule has 5 heterocycles. The summed E-state index contributed by atoms with van der Waals surface area (Å²) in [5.41, 5.74) is 1.21. The molecule has 0 saturated carbocycles. The van der Waals surface area contributed by atoms with Gasteiger partial charge in [-0.2, -0.15) is 9.97 Å². The standard InChI is InChI=1S/C32H32F3N5O2/c33-21-13-32(7-1-9-40(32)15-21)17-42-31-37-26-11-18(24-12-22(41)10-19-3-5-25(34)29(35)28(19)24)2-4-23(26)30(38-31)39-14-20-6-8-36-27(20)16-39/h2-5,10-12,20-21,27,36,41H,1,6-9,13-17H2/t20-,21-,27+,32+/m1/s1. The number of aromatic hydroxyl groups is 1. The van der Waals surface area contributed by atoms with E-state index in [1.165, 1.54) is 18.2 Å². The molecule has 10 heteroatoms. The molecule has 7 nitrogen and oxygen atoms in total. The Labute approximate surface area is 241 Å². The highest BCUT2D eigenvalue weighted by Crippen LogP contribution is 2.42. The molecule has 0 amide bonds. The maximum atomic E-state index is 15.1. The summed E-state index contributed by atoms with van der Waals surface area (Å²) in [6.45, 7) is 4.33. The van der Waals surface area contributed by atoms with Crippen molar-refractivity contribution in [2.24, 2.45) is 5.92 Å². The van der Waals surface area contributed by atoms with Crippen LogP contribution in [0.5, 0.6) is 11.8 Å². The molecule has 218 valence electrons. The van der Waals surface area contributed by atoms with Crippen molar-refractivity contribution in [1.29, 1.82) is 0 Å². The van der Waals surface area contributed by atoms with Crippen LogP contribution < -0.4 is 15.0 Å². The molecule has 4 fully saturated rings. The molecule has 2 N–H and O–H groups in total. The van der Waals surface area contributed by atoms with Crippen molar-refractivity contribution < 1.29 is 23.0 Å². The molecule has 4 atom stereocenters. The molecule has 3 aromatic carbocycles. The summed E-state index contributed by atoms with van der Waals surface area (Å²) in [4.78, 5) is 14.1. The number of anilines is 1. The molecule has 0 radical (unpaired) electrons. The van der Waals surface area contributed by atoms with Gasteiger partial charge in [-0.15, -0.1) is 0 Å². The number of phenolic OH excluding ortho intramolecular Hbond substituents is 1. The maximum absolute atomic E-state index is 15.1. The van der Waals surface area contributed by atoms with Crippen molar-refractivity contribution in [3.8, 4) is 22.9 Å². The number of halogens is 3.